The fraction of sp³-hybridized carbons (Fsp3) is 0.318. The maximum absolute atomic E-state index is 12.2. The van der Waals surface area contributed by atoms with Gasteiger partial charge in [0.05, 0.1) is 20.4 Å². The zero-order valence-electron chi connectivity index (χ0n) is 17.0. The van der Waals surface area contributed by atoms with E-state index in [1.165, 1.54) is 5.56 Å². The van der Waals surface area contributed by atoms with Gasteiger partial charge in [-0.3, -0.25) is 4.79 Å². The molecular formula is C22H26N4O3. The van der Waals surface area contributed by atoms with Gasteiger partial charge in [0.15, 0.2) is 11.5 Å². The Balaban J connectivity index is 1.50. The van der Waals surface area contributed by atoms with Crippen LogP contribution in [0.4, 0.5) is 0 Å². The Labute approximate surface area is 170 Å². The van der Waals surface area contributed by atoms with Crippen LogP contribution >= 0.6 is 0 Å². The molecule has 0 saturated heterocycles. The van der Waals surface area contributed by atoms with E-state index in [0.717, 1.165) is 23.2 Å². The maximum Gasteiger partial charge on any atom is 0.241 e. The molecule has 1 N–H and O–H groups in total. The van der Waals surface area contributed by atoms with Gasteiger partial charge < -0.3 is 14.8 Å². The molecule has 0 atom stereocenters. The van der Waals surface area contributed by atoms with Gasteiger partial charge in [-0.25, -0.2) is 4.68 Å². The van der Waals surface area contributed by atoms with Crippen molar-refractivity contribution >= 4 is 5.91 Å². The van der Waals surface area contributed by atoms with Crippen LogP contribution in [0.3, 0.4) is 0 Å². The molecule has 29 heavy (non-hydrogen) atoms. The van der Waals surface area contributed by atoms with Gasteiger partial charge in [-0.1, -0.05) is 42.5 Å². The van der Waals surface area contributed by atoms with Crippen molar-refractivity contribution in [1.29, 1.82) is 0 Å². The largest absolute Gasteiger partial charge is 0.493 e. The van der Waals surface area contributed by atoms with Crippen LogP contribution in [-0.4, -0.2) is 41.7 Å². The van der Waals surface area contributed by atoms with Crippen molar-refractivity contribution in [1.82, 2.24) is 20.3 Å². The summed E-state index contributed by atoms with van der Waals surface area (Å²) in [5, 5.41) is 11.1. The van der Waals surface area contributed by atoms with Crippen molar-refractivity contribution in [3.8, 4) is 22.8 Å². The molecule has 3 rings (SSSR count). The Kier molecular flexibility index (Phi) is 6.84. The summed E-state index contributed by atoms with van der Waals surface area (Å²) in [5.74, 6) is 1.26. The number of amides is 1. The quantitative estimate of drug-likeness (QED) is 0.604. The monoisotopic (exact) mass is 394 g/mol. The van der Waals surface area contributed by atoms with Crippen LogP contribution in [0.5, 0.6) is 11.5 Å². The van der Waals surface area contributed by atoms with E-state index in [-0.39, 0.29) is 12.5 Å². The Morgan fingerprint density at radius 1 is 1.03 bits per heavy atom. The number of nitrogens with zero attached hydrogens (tertiary/aromatic N) is 3. The topological polar surface area (TPSA) is 78.3 Å². The van der Waals surface area contributed by atoms with E-state index in [1.54, 1.807) is 25.1 Å². The number of hydrogen-bond donors (Lipinski definition) is 1. The fourth-order valence-corrected chi connectivity index (χ4v) is 3.00. The van der Waals surface area contributed by atoms with Crippen molar-refractivity contribution in [2.24, 2.45) is 0 Å². The van der Waals surface area contributed by atoms with E-state index in [0.29, 0.717) is 24.5 Å². The number of carbonyl (C=O) groups excluding carboxylic acids is 1. The number of nitrogens with one attached hydrogen (secondary N) is 1. The van der Waals surface area contributed by atoms with E-state index >= 15 is 0 Å². The molecule has 0 aliphatic rings. The summed E-state index contributed by atoms with van der Waals surface area (Å²) in [6.45, 7) is 2.77. The van der Waals surface area contributed by atoms with Crippen LogP contribution < -0.4 is 14.8 Å². The lowest BCUT2D eigenvalue weighted by Crippen LogP contribution is -2.29. The average Bonchev–Trinajstić information content (AvgIpc) is 3.22. The van der Waals surface area contributed by atoms with Crippen molar-refractivity contribution in [2.45, 2.75) is 26.3 Å². The second-order valence-electron chi connectivity index (χ2n) is 6.64. The number of hydrogen-bond acceptors (Lipinski definition) is 5. The summed E-state index contributed by atoms with van der Waals surface area (Å²) in [5.41, 5.74) is 4.07. The minimum Gasteiger partial charge on any atom is -0.493 e. The van der Waals surface area contributed by atoms with Crippen LogP contribution in [0.2, 0.25) is 0 Å². The minimum atomic E-state index is -0.108. The van der Waals surface area contributed by atoms with E-state index < -0.39 is 0 Å². The van der Waals surface area contributed by atoms with Gasteiger partial charge in [0, 0.05) is 12.1 Å². The number of carbonyl (C=O) groups is 1. The second-order valence-corrected chi connectivity index (χ2v) is 6.64. The number of methoxy groups -OCH3 is 2. The van der Waals surface area contributed by atoms with Crippen molar-refractivity contribution in [3.63, 3.8) is 0 Å². The minimum absolute atomic E-state index is 0.108. The van der Waals surface area contributed by atoms with Gasteiger partial charge in [0.25, 0.3) is 0 Å². The highest BCUT2D eigenvalue weighted by Crippen LogP contribution is 2.27. The zero-order chi connectivity index (χ0) is 20.6. The number of aromatic nitrogens is 3. The van der Waals surface area contributed by atoms with Crippen LogP contribution in [0, 0.1) is 0 Å². The van der Waals surface area contributed by atoms with Gasteiger partial charge >= 0.3 is 0 Å². The normalized spacial score (nSPS) is 10.6. The third kappa shape index (κ3) is 5.34. The molecule has 0 spiro atoms. The molecule has 0 bridgehead atoms. The molecule has 0 unspecified atom stereocenters. The van der Waals surface area contributed by atoms with Crippen LogP contribution in [0.15, 0.2) is 48.7 Å². The lowest BCUT2D eigenvalue weighted by atomic mass is 10.1. The van der Waals surface area contributed by atoms with Gasteiger partial charge in [-0.05, 0) is 36.1 Å². The molecular weight excluding hydrogens is 368 g/mol. The van der Waals surface area contributed by atoms with Crippen molar-refractivity contribution < 1.29 is 14.3 Å². The SMILES string of the molecule is CCc1ccc(-c2cn(CC(=O)NCCc3ccc(OC)c(OC)c3)nn2)cc1. The lowest BCUT2D eigenvalue weighted by Gasteiger charge is -2.10. The first-order chi connectivity index (χ1) is 14.1. The number of aryl methyl sites for hydroxylation is 1. The first kappa shape index (κ1) is 20.4. The molecule has 1 amide bonds. The Morgan fingerprint density at radius 2 is 1.76 bits per heavy atom. The number of ether oxygens (including phenoxy) is 2. The Hall–Kier alpha value is -3.35. The molecule has 1 heterocycles. The van der Waals surface area contributed by atoms with Gasteiger partial charge in [-0.2, -0.15) is 0 Å². The second kappa shape index (κ2) is 9.73. The predicted octanol–water partition coefficient (Wildman–Crippen LogP) is 2.88. The molecule has 2 aromatic carbocycles. The predicted molar refractivity (Wildman–Crippen MR) is 111 cm³/mol. The van der Waals surface area contributed by atoms with Gasteiger partial charge in [0.2, 0.25) is 5.91 Å². The highest BCUT2D eigenvalue weighted by molar-refractivity contribution is 5.75. The lowest BCUT2D eigenvalue weighted by molar-refractivity contribution is -0.121. The first-order valence-corrected chi connectivity index (χ1v) is 9.60. The summed E-state index contributed by atoms with van der Waals surface area (Å²) < 4.78 is 12.1. The molecule has 0 aliphatic carbocycles. The zero-order valence-corrected chi connectivity index (χ0v) is 17.0. The van der Waals surface area contributed by atoms with Crippen LogP contribution in [0.1, 0.15) is 18.1 Å². The van der Waals surface area contributed by atoms with E-state index in [1.807, 2.05) is 30.3 Å². The summed E-state index contributed by atoms with van der Waals surface area (Å²) in [6, 6.07) is 13.9. The van der Waals surface area contributed by atoms with E-state index in [9.17, 15) is 4.79 Å². The Morgan fingerprint density at radius 3 is 2.45 bits per heavy atom. The summed E-state index contributed by atoms with van der Waals surface area (Å²) >= 11 is 0. The molecule has 7 nitrogen and oxygen atoms in total. The molecule has 0 radical (unpaired) electrons. The third-order valence-corrected chi connectivity index (χ3v) is 4.69. The summed E-state index contributed by atoms with van der Waals surface area (Å²) in [7, 11) is 3.21. The van der Waals surface area contributed by atoms with Crippen molar-refractivity contribution in [3.05, 3.63) is 59.8 Å². The fourth-order valence-electron chi connectivity index (χ4n) is 3.00. The van der Waals surface area contributed by atoms with Gasteiger partial charge in [-0.15, -0.1) is 5.10 Å². The number of rotatable bonds is 9. The molecule has 152 valence electrons. The molecule has 3 aromatic rings. The highest BCUT2D eigenvalue weighted by atomic mass is 16.5. The van der Waals surface area contributed by atoms with E-state index in [4.69, 9.17) is 9.47 Å². The maximum atomic E-state index is 12.2. The highest BCUT2D eigenvalue weighted by Gasteiger charge is 2.09. The summed E-state index contributed by atoms with van der Waals surface area (Å²) in [6.07, 6.45) is 3.48. The third-order valence-electron chi connectivity index (χ3n) is 4.69. The van der Waals surface area contributed by atoms with Crippen molar-refractivity contribution in [2.75, 3.05) is 20.8 Å². The molecule has 0 aliphatic heterocycles. The standard InChI is InChI=1S/C22H26N4O3/c1-4-16-5-8-18(9-6-16)19-14-26(25-24-19)15-22(27)23-12-11-17-7-10-20(28-2)21(13-17)29-3/h5-10,13-14H,4,11-12,15H2,1-3H3,(H,23,27). The van der Waals surface area contributed by atoms with E-state index in [2.05, 4.69) is 34.7 Å². The molecule has 7 heteroatoms. The Bertz CT molecular complexity index is 951. The van der Waals surface area contributed by atoms with Crippen LogP contribution in [-0.2, 0) is 24.2 Å². The molecule has 0 saturated carbocycles. The first-order valence-electron chi connectivity index (χ1n) is 9.60. The molecule has 1 aromatic heterocycles. The van der Waals surface area contributed by atoms with Gasteiger partial charge in [0.1, 0.15) is 12.2 Å². The van der Waals surface area contributed by atoms with Crippen LogP contribution in [0.25, 0.3) is 11.3 Å². The summed E-state index contributed by atoms with van der Waals surface area (Å²) in [4.78, 5) is 12.2. The average molecular weight is 394 g/mol. The smallest absolute Gasteiger partial charge is 0.241 e. The number of benzene rings is 2. The molecule has 0 fully saturated rings.